The molecule has 1 aliphatic rings. The molecule has 0 radical (unpaired) electrons. The number of fused-ring (bicyclic) bond motifs is 1. The van der Waals surface area contributed by atoms with E-state index in [9.17, 15) is 29.2 Å². The maximum atomic E-state index is 13.3. The van der Waals surface area contributed by atoms with Gasteiger partial charge in [0, 0.05) is 0 Å². The van der Waals surface area contributed by atoms with Gasteiger partial charge in [-0.05, 0) is 12.1 Å². The molecule has 1 saturated heterocycles. The number of carbonyl (C=O) groups is 1. The van der Waals surface area contributed by atoms with Crippen LogP contribution >= 0.6 is 15.6 Å². The normalized spacial score (nSPS) is 23.6. The Balaban J connectivity index is 0.000000383. The minimum Gasteiger partial charge on any atom is -0.486 e. The number of nitrogens with two attached hydrogens (primary N) is 1. The van der Waals surface area contributed by atoms with Crippen LogP contribution in [0.15, 0.2) is 43.0 Å². The molecule has 9 N–H and O–H groups in total. The van der Waals surface area contributed by atoms with Crippen molar-refractivity contribution < 1.29 is 62.6 Å². The second kappa shape index (κ2) is 11.5. The molecule has 0 saturated carbocycles. The average Bonchev–Trinajstić information content (AvgIpc) is 3.37. The monoisotopic (exact) mass is 579 g/mol. The zero-order valence-electron chi connectivity index (χ0n) is 19.0. The summed E-state index contributed by atoms with van der Waals surface area (Å²) in [4.78, 5) is 56.3. The number of ether oxygens (including phenoxy) is 2. The summed E-state index contributed by atoms with van der Waals surface area (Å²) >= 11 is 0. The van der Waals surface area contributed by atoms with E-state index in [1.54, 1.807) is 30.3 Å². The van der Waals surface area contributed by atoms with E-state index < -0.39 is 58.7 Å². The van der Waals surface area contributed by atoms with E-state index in [1.807, 2.05) is 0 Å². The zero-order valence-corrected chi connectivity index (χ0v) is 20.8. The Labute approximate surface area is 212 Å². The summed E-state index contributed by atoms with van der Waals surface area (Å²) < 4.78 is 34.6. The molecular weight excluding hydrogens is 556 g/mol. The topological polar surface area (TPSA) is 290 Å². The maximum Gasteiger partial charge on any atom is 0.478 e. The fraction of sp³-hybridized carbons (Fsp3) is 0.333. The second-order valence-electron chi connectivity index (χ2n) is 7.60. The number of ketones is 1. The third kappa shape index (κ3) is 6.58. The number of nitrogens with zero attached hydrogens (tertiary/aromatic N) is 4. The van der Waals surface area contributed by atoms with Gasteiger partial charge in [-0.3, -0.25) is 9.36 Å². The number of rotatable bonds is 8. The van der Waals surface area contributed by atoms with E-state index in [4.69, 9.17) is 34.8 Å². The van der Waals surface area contributed by atoms with Gasteiger partial charge in [0.1, 0.15) is 42.2 Å². The molecule has 20 heteroatoms. The molecule has 2 aromatic heterocycles. The first-order valence-corrected chi connectivity index (χ1v) is 13.4. The van der Waals surface area contributed by atoms with Crippen molar-refractivity contribution in [2.24, 2.45) is 0 Å². The first-order valence-electron chi connectivity index (χ1n) is 10.3. The molecule has 1 fully saturated rings. The highest BCUT2D eigenvalue weighted by Gasteiger charge is 2.60. The standard InChI is InChI=1S/C18H19N5O6.H4O7P2/c19-16-13-17(21-8-20-16)23(9-22-13)18(15(27)14(26)11(6-24)29-18)12(25)7-28-10-4-2-1-3-5-10;1-8(2,3)7-9(4,5)6/h1-5,8-9,11,14-15,24,26-27H,6-7H2,(H2,19,20,21);(H2,1,2,3)(H2,4,5,6)/t11-,14-,15-,18-;/m1./s1. The third-order valence-corrected chi connectivity index (χ3v) is 6.76. The first-order chi connectivity index (χ1) is 17.7. The summed E-state index contributed by atoms with van der Waals surface area (Å²) in [5.41, 5.74) is 4.00. The molecule has 4 atom stereocenters. The van der Waals surface area contributed by atoms with Gasteiger partial charge >= 0.3 is 15.6 Å². The van der Waals surface area contributed by atoms with Gasteiger partial charge in [0.25, 0.3) is 0 Å². The summed E-state index contributed by atoms with van der Waals surface area (Å²) in [6.07, 6.45) is -2.07. The number of benzene rings is 1. The molecule has 3 aromatic rings. The van der Waals surface area contributed by atoms with Gasteiger partial charge in [0.15, 0.2) is 18.1 Å². The van der Waals surface area contributed by atoms with E-state index in [1.165, 1.54) is 17.2 Å². The Kier molecular flexibility index (Phi) is 8.97. The molecule has 0 unspecified atom stereocenters. The zero-order chi connectivity index (χ0) is 28.3. The number of aliphatic hydroxyl groups is 3. The van der Waals surface area contributed by atoms with Crippen molar-refractivity contribution in [2.45, 2.75) is 24.0 Å². The minimum absolute atomic E-state index is 0.0728. The van der Waals surface area contributed by atoms with Gasteiger partial charge in [0.2, 0.25) is 11.5 Å². The molecule has 0 aliphatic carbocycles. The highest BCUT2D eigenvalue weighted by Crippen LogP contribution is 2.53. The maximum absolute atomic E-state index is 13.3. The molecule has 3 heterocycles. The number of aliphatic hydroxyl groups excluding tert-OH is 3. The van der Waals surface area contributed by atoms with Gasteiger partial charge in [-0.25, -0.2) is 24.1 Å². The molecular formula is C18H23N5O13P2. The number of phosphoric acid groups is 2. The van der Waals surface area contributed by atoms with Crippen LogP contribution in [0.3, 0.4) is 0 Å². The average molecular weight is 579 g/mol. The number of hydrogen-bond acceptors (Lipinski definition) is 13. The van der Waals surface area contributed by atoms with E-state index in [-0.39, 0.29) is 17.0 Å². The van der Waals surface area contributed by atoms with Crippen LogP contribution in [-0.2, 0) is 28.7 Å². The van der Waals surface area contributed by atoms with Crippen LogP contribution in [0.1, 0.15) is 0 Å². The molecule has 38 heavy (non-hydrogen) atoms. The molecule has 1 aliphatic heterocycles. The van der Waals surface area contributed by atoms with Crippen LogP contribution in [0, 0.1) is 0 Å². The van der Waals surface area contributed by atoms with Gasteiger partial charge in [-0.2, -0.15) is 4.31 Å². The lowest BCUT2D eigenvalue weighted by molar-refractivity contribution is -0.175. The van der Waals surface area contributed by atoms with Crippen LogP contribution in [0.4, 0.5) is 5.82 Å². The lowest BCUT2D eigenvalue weighted by Crippen LogP contribution is -2.53. The van der Waals surface area contributed by atoms with E-state index >= 15 is 0 Å². The van der Waals surface area contributed by atoms with Crippen molar-refractivity contribution in [1.29, 1.82) is 0 Å². The van der Waals surface area contributed by atoms with Crippen LogP contribution in [0.25, 0.3) is 11.2 Å². The Bertz CT molecular complexity index is 1340. The summed E-state index contributed by atoms with van der Waals surface area (Å²) in [7, 11) is -10.1. The van der Waals surface area contributed by atoms with Crippen LogP contribution in [-0.4, -0.2) is 91.7 Å². The minimum atomic E-state index is -5.05. The molecule has 0 amide bonds. The van der Waals surface area contributed by atoms with Crippen molar-refractivity contribution in [3.05, 3.63) is 43.0 Å². The predicted octanol–water partition coefficient (Wildman–Crippen LogP) is -1.99. The molecule has 1 aromatic carbocycles. The number of carbonyl (C=O) groups excluding carboxylic acids is 1. The second-order valence-corrected chi connectivity index (χ2v) is 10.2. The highest BCUT2D eigenvalue weighted by atomic mass is 31.3. The lowest BCUT2D eigenvalue weighted by atomic mass is 9.98. The fourth-order valence-corrected chi connectivity index (χ4v) is 4.63. The van der Waals surface area contributed by atoms with Crippen molar-refractivity contribution in [2.75, 3.05) is 18.9 Å². The van der Waals surface area contributed by atoms with Gasteiger partial charge < -0.3 is 50.1 Å². The number of aromatic nitrogens is 4. The van der Waals surface area contributed by atoms with E-state index in [0.29, 0.717) is 5.75 Å². The third-order valence-electron chi connectivity index (χ3n) is 5.06. The predicted molar refractivity (Wildman–Crippen MR) is 124 cm³/mol. The van der Waals surface area contributed by atoms with Crippen molar-refractivity contribution in [3.63, 3.8) is 0 Å². The molecule has 208 valence electrons. The van der Waals surface area contributed by atoms with Crippen molar-refractivity contribution in [1.82, 2.24) is 19.5 Å². The number of nitrogen functional groups attached to an aromatic ring is 1. The SMILES string of the molecule is Nc1ncnc2c1ncn2[C@]1(C(=O)COc2ccccc2)O[C@H](CO)[C@@H](O)[C@H]1O.O=P(O)(O)OP(=O)(O)O. The van der Waals surface area contributed by atoms with Crippen LogP contribution < -0.4 is 10.5 Å². The Morgan fingerprint density at radius 1 is 1.08 bits per heavy atom. The van der Waals surface area contributed by atoms with Crippen LogP contribution in [0.2, 0.25) is 0 Å². The van der Waals surface area contributed by atoms with E-state index in [2.05, 4.69) is 19.3 Å². The molecule has 18 nitrogen and oxygen atoms in total. The van der Waals surface area contributed by atoms with Gasteiger partial charge in [0.05, 0.1) is 6.61 Å². The Morgan fingerprint density at radius 2 is 1.71 bits per heavy atom. The number of anilines is 1. The molecule has 0 spiro atoms. The number of hydrogen-bond donors (Lipinski definition) is 8. The number of imidazole rings is 1. The van der Waals surface area contributed by atoms with Gasteiger partial charge in [-0.15, -0.1) is 0 Å². The Hall–Kier alpha value is -2.86. The number of para-hydroxylation sites is 1. The van der Waals surface area contributed by atoms with Gasteiger partial charge in [-0.1, -0.05) is 18.2 Å². The Morgan fingerprint density at radius 3 is 2.24 bits per heavy atom. The summed E-state index contributed by atoms with van der Waals surface area (Å²) in [6, 6.07) is 8.61. The summed E-state index contributed by atoms with van der Waals surface area (Å²) in [6.45, 7) is -1.09. The highest BCUT2D eigenvalue weighted by molar-refractivity contribution is 7.60. The fourth-order valence-electron chi connectivity index (χ4n) is 3.52. The largest absolute Gasteiger partial charge is 0.486 e. The smallest absolute Gasteiger partial charge is 0.478 e. The summed E-state index contributed by atoms with van der Waals surface area (Å²) in [5, 5.41) is 30.6. The van der Waals surface area contributed by atoms with E-state index in [0.717, 1.165) is 0 Å². The quantitative estimate of drug-likeness (QED) is 0.134. The first kappa shape index (κ1) is 29.7. The van der Waals surface area contributed by atoms with Crippen molar-refractivity contribution >= 4 is 38.4 Å². The van der Waals surface area contributed by atoms with Crippen LogP contribution in [0.5, 0.6) is 5.75 Å². The molecule has 0 bridgehead atoms. The summed E-state index contributed by atoms with van der Waals surface area (Å²) in [5.74, 6) is -0.200. The lowest BCUT2D eigenvalue weighted by Gasteiger charge is -2.31. The molecule has 4 rings (SSSR count). The number of Topliss-reactive ketones (excluding diaryl/α,β-unsaturated/α-hetero) is 1. The van der Waals surface area contributed by atoms with Crippen molar-refractivity contribution in [3.8, 4) is 5.75 Å².